The Balaban J connectivity index is 1.17. The zero-order valence-corrected chi connectivity index (χ0v) is 21.9. The van der Waals surface area contributed by atoms with Crippen molar-refractivity contribution in [3.8, 4) is 0 Å². The van der Waals surface area contributed by atoms with Gasteiger partial charge in [-0.15, -0.1) is 0 Å². The molecule has 0 atom stereocenters. The van der Waals surface area contributed by atoms with Crippen LogP contribution >= 0.6 is 0 Å². The Hall–Kier alpha value is -3.78. The molecule has 2 aliphatic rings. The van der Waals surface area contributed by atoms with Gasteiger partial charge in [-0.3, -0.25) is 18.6 Å². The molecule has 4 aromatic rings. The molecule has 0 spiro atoms. The molecule has 8 heteroatoms. The molecule has 0 N–H and O–H groups in total. The highest BCUT2D eigenvalue weighted by Crippen LogP contribution is 2.24. The summed E-state index contributed by atoms with van der Waals surface area (Å²) in [7, 11) is 0. The zero-order chi connectivity index (χ0) is 26.1. The molecule has 196 valence electrons. The van der Waals surface area contributed by atoms with E-state index < -0.39 is 0 Å². The average Bonchev–Trinajstić information content (AvgIpc) is 3.40. The first-order valence-electron chi connectivity index (χ1n) is 13.7. The number of aryl methyl sites for hydroxylation is 1. The molecule has 2 saturated heterocycles. The molecule has 0 aliphatic carbocycles. The predicted molar refractivity (Wildman–Crippen MR) is 148 cm³/mol. The van der Waals surface area contributed by atoms with E-state index in [0.29, 0.717) is 35.1 Å². The number of likely N-dealkylation sites (tertiary alicyclic amines) is 1. The summed E-state index contributed by atoms with van der Waals surface area (Å²) in [6.45, 7) is 6.28. The van der Waals surface area contributed by atoms with Crippen LogP contribution < -0.4 is 10.5 Å². The predicted octanol–water partition coefficient (Wildman–Crippen LogP) is 3.93. The minimum absolute atomic E-state index is 0.149. The third-order valence-corrected chi connectivity index (χ3v) is 8.11. The first-order chi connectivity index (χ1) is 18.6. The van der Waals surface area contributed by atoms with Gasteiger partial charge in [-0.05, 0) is 63.4 Å². The topological polar surface area (TPSA) is 75.7 Å². The van der Waals surface area contributed by atoms with Crippen molar-refractivity contribution in [2.24, 2.45) is 0 Å². The van der Waals surface area contributed by atoms with E-state index in [1.807, 2.05) is 49.4 Å². The van der Waals surface area contributed by atoms with E-state index in [0.717, 1.165) is 37.3 Å². The zero-order valence-electron chi connectivity index (χ0n) is 21.9. The van der Waals surface area contributed by atoms with E-state index in [1.165, 1.54) is 41.3 Å². The second-order valence-electron chi connectivity index (χ2n) is 10.5. The number of nitrogens with zero attached hydrogens (tertiary/aromatic N) is 6. The van der Waals surface area contributed by atoms with Crippen molar-refractivity contribution >= 4 is 17.5 Å². The van der Waals surface area contributed by atoms with Crippen molar-refractivity contribution in [2.75, 3.05) is 31.1 Å². The third kappa shape index (κ3) is 4.76. The number of pyridine rings is 1. The fourth-order valence-corrected chi connectivity index (χ4v) is 5.91. The van der Waals surface area contributed by atoms with Gasteiger partial charge in [-0.25, -0.2) is 9.97 Å². The molecule has 8 nitrogen and oxygen atoms in total. The lowest BCUT2D eigenvalue weighted by Crippen LogP contribution is -2.46. The van der Waals surface area contributed by atoms with E-state index in [9.17, 15) is 9.59 Å². The summed E-state index contributed by atoms with van der Waals surface area (Å²) in [5.74, 6) is 0.974. The maximum Gasteiger partial charge on any atom is 0.266 e. The Labute approximate surface area is 222 Å². The van der Waals surface area contributed by atoms with Gasteiger partial charge in [0.15, 0.2) is 0 Å². The molecule has 2 fully saturated rings. The van der Waals surface area contributed by atoms with Crippen LogP contribution in [-0.2, 0) is 6.42 Å². The first kappa shape index (κ1) is 24.6. The van der Waals surface area contributed by atoms with Crippen LogP contribution in [0.15, 0.2) is 65.8 Å². The van der Waals surface area contributed by atoms with Crippen molar-refractivity contribution in [3.05, 3.63) is 93.8 Å². The Morgan fingerprint density at radius 1 is 0.947 bits per heavy atom. The normalized spacial score (nSPS) is 17.2. The first-order valence-corrected chi connectivity index (χ1v) is 13.7. The molecule has 6 rings (SSSR count). The number of carbonyl (C=O) groups is 1. The largest absolute Gasteiger partial charge is 0.357 e. The summed E-state index contributed by atoms with van der Waals surface area (Å²) in [5.41, 5.74) is 2.63. The summed E-state index contributed by atoms with van der Waals surface area (Å²) in [6, 6.07) is 14.3. The van der Waals surface area contributed by atoms with E-state index in [4.69, 9.17) is 0 Å². The maximum atomic E-state index is 13.4. The molecule has 38 heavy (non-hydrogen) atoms. The molecular formula is C30H34N6O2. The maximum absolute atomic E-state index is 13.4. The third-order valence-electron chi connectivity index (χ3n) is 8.11. The lowest BCUT2D eigenvalue weighted by Gasteiger charge is -2.40. The van der Waals surface area contributed by atoms with E-state index in [1.54, 1.807) is 18.6 Å². The van der Waals surface area contributed by atoms with Gasteiger partial charge in [-0.1, -0.05) is 36.8 Å². The number of anilines is 1. The van der Waals surface area contributed by atoms with E-state index >= 15 is 0 Å². The SMILES string of the molecule is Cc1nc2n(C(=O)c3ccc(N4CCC(N5CCCCC5)CC4)nc3)ccn2c(=O)c1Cc1ccccc1. The van der Waals surface area contributed by atoms with Gasteiger partial charge in [0.25, 0.3) is 11.5 Å². The number of fused-ring (bicyclic) bond motifs is 1. The highest BCUT2D eigenvalue weighted by atomic mass is 16.2. The quantitative estimate of drug-likeness (QED) is 0.405. The smallest absolute Gasteiger partial charge is 0.266 e. The molecule has 1 aromatic carbocycles. The number of carbonyl (C=O) groups excluding carboxylic acids is 1. The molecule has 0 bridgehead atoms. The summed E-state index contributed by atoms with van der Waals surface area (Å²) in [4.78, 5) is 40.9. The Morgan fingerprint density at radius 2 is 1.71 bits per heavy atom. The summed E-state index contributed by atoms with van der Waals surface area (Å²) >= 11 is 0. The van der Waals surface area contributed by atoms with Crippen molar-refractivity contribution in [1.82, 2.24) is 23.8 Å². The minimum atomic E-state index is -0.252. The minimum Gasteiger partial charge on any atom is -0.357 e. The van der Waals surface area contributed by atoms with E-state index in [2.05, 4.69) is 19.8 Å². The van der Waals surface area contributed by atoms with Crippen LogP contribution in [-0.4, -0.2) is 62.0 Å². The van der Waals surface area contributed by atoms with E-state index in [-0.39, 0.29) is 11.5 Å². The van der Waals surface area contributed by atoms with Crippen LogP contribution in [0.2, 0.25) is 0 Å². The fraction of sp³-hybridized carbons (Fsp3) is 0.400. The van der Waals surface area contributed by atoms with Gasteiger partial charge in [0.05, 0.1) is 11.3 Å². The highest BCUT2D eigenvalue weighted by molar-refractivity contribution is 5.97. The lowest BCUT2D eigenvalue weighted by atomic mass is 10.00. The average molecular weight is 511 g/mol. The number of rotatable bonds is 5. The second-order valence-corrected chi connectivity index (χ2v) is 10.5. The van der Waals surface area contributed by atoms with Crippen molar-refractivity contribution in [3.63, 3.8) is 0 Å². The molecule has 0 amide bonds. The number of benzene rings is 1. The molecule has 0 unspecified atom stereocenters. The van der Waals surface area contributed by atoms with Crippen molar-refractivity contribution in [1.29, 1.82) is 0 Å². The highest BCUT2D eigenvalue weighted by Gasteiger charge is 2.26. The summed E-state index contributed by atoms with van der Waals surface area (Å²) in [5, 5.41) is 0. The van der Waals surface area contributed by atoms with Crippen molar-refractivity contribution < 1.29 is 4.79 Å². The molecule has 0 saturated carbocycles. The summed E-state index contributed by atoms with van der Waals surface area (Å²) < 4.78 is 2.89. The molecular weight excluding hydrogens is 476 g/mol. The second kappa shape index (κ2) is 10.5. The Kier molecular flexibility index (Phi) is 6.81. The van der Waals surface area contributed by atoms with Gasteiger partial charge < -0.3 is 9.80 Å². The Bertz CT molecular complexity index is 1480. The van der Waals surface area contributed by atoms with Gasteiger partial charge in [0.1, 0.15) is 5.82 Å². The number of imidazole rings is 1. The Morgan fingerprint density at radius 3 is 2.42 bits per heavy atom. The van der Waals surface area contributed by atoms with Crippen LogP contribution in [0.4, 0.5) is 5.82 Å². The number of piperidine rings is 2. The summed E-state index contributed by atoms with van der Waals surface area (Å²) in [6.07, 6.45) is 11.7. The fourth-order valence-electron chi connectivity index (χ4n) is 5.91. The van der Waals surface area contributed by atoms with Gasteiger partial charge in [-0.2, -0.15) is 0 Å². The standard InChI is InChI=1S/C30H34N6O2/c1-22-26(20-23-8-4-2-5-9-23)29(38)36-19-18-35(30(36)32-22)28(37)24-10-11-27(31-21-24)34-16-12-25(13-17-34)33-14-6-3-7-15-33/h2,4-5,8-11,18-19,21,25H,3,6-7,12-17,20H2,1H3. The molecule has 5 heterocycles. The monoisotopic (exact) mass is 510 g/mol. The van der Waals surface area contributed by atoms with Gasteiger partial charge in [0, 0.05) is 49.7 Å². The van der Waals surface area contributed by atoms with Crippen LogP contribution in [0.5, 0.6) is 0 Å². The van der Waals surface area contributed by atoms with Gasteiger partial charge in [0.2, 0.25) is 5.78 Å². The van der Waals surface area contributed by atoms with Crippen molar-refractivity contribution in [2.45, 2.75) is 51.5 Å². The van der Waals surface area contributed by atoms with Gasteiger partial charge >= 0.3 is 0 Å². The van der Waals surface area contributed by atoms with Crippen LogP contribution in [0.25, 0.3) is 5.78 Å². The van der Waals surface area contributed by atoms with Crippen LogP contribution in [0, 0.1) is 6.92 Å². The number of aromatic nitrogens is 4. The van der Waals surface area contributed by atoms with Crippen LogP contribution in [0.1, 0.15) is 59.3 Å². The van der Waals surface area contributed by atoms with Crippen LogP contribution in [0.3, 0.4) is 0 Å². The molecule has 3 aromatic heterocycles. The molecule has 2 aliphatic heterocycles. The lowest BCUT2D eigenvalue weighted by molar-refractivity contribution is 0.0963. The number of hydrogen-bond acceptors (Lipinski definition) is 6. The number of hydrogen-bond donors (Lipinski definition) is 0. The molecule has 0 radical (unpaired) electrons.